The molecular weight excluding hydrogens is 179 g/mol. The van der Waals surface area contributed by atoms with Gasteiger partial charge in [0.05, 0.1) is 11.2 Å². The molecule has 0 spiro atoms. The molecule has 0 unspecified atom stereocenters. The fourth-order valence-corrected chi connectivity index (χ4v) is 0.540. The maximum atomic E-state index is 5.47. The lowest BCUT2D eigenvalue weighted by molar-refractivity contribution is 1.13. The number of hydrogen-bond acceptors (Lipinski definition) is 2. The topological polar surface area (TPSA) is 28.7 Å². The molecule has 5 heteroatoms. The molecule has 1 N–H and O–H groups in total. The zero-order chi connectivity index (χ0) is 5.98. The molecule has 0 aliphatic carbocycles. The van der Waals surface area contributed by atoms with Crippen LogP contribution < -0.4 is 0 Å². The van der Waals surface area contributed by atoms with Gasteiger partial charge < -0.3 is 4.98 Å². The van der Waals surface area contributed by atoms with Crippen molar-refractivity contribution in [2.75, 3.05) is 0 Å². The number of aromatic amines is 1. The van der Waals surface area contributed by atoms with Gasteiger partial charge in [-0.3, -0.25) is 0 Å². The van der Waals surface area contributed by atoms with Crippen LogP contribution in [0.2, 0.25) is 5.02 Å². The molecule has 0 amide bonds. The molecular formula is C4H4Cl2N2S. The van der Waals surface area contributed by atoms with Crippen molar-refractivity contribution in [3.63, 3.8) is 0 Å². The first-order valence-corrected chi connectivity index (χ1v) is 2.78. The Morgan fingerprint density at radius 2 is 2.33 bits per heavy atom. The molecule has 0 atom stereocenters. The predicted molar refractivity (Wildman–Crippen MR) is 41.7 cm³/mol. The van der Waals surface area contributed by atoms with Crippen LogP contribution in [-0.2, 0) is 0 Å². The minimum absolute atomic E-state index is 0. The second-order valence-corrected chi connectivity index (χ2v) is 2.06. The molecule has 0 saturated heterocycles. The van der Waals surface area contributed by atoms with Gasteiger partial charge in [0.1, 0.15) is 0 Å². The zero-order valence-corrected chi connectivity index (χ0v) is 6.69. The third kappa shape index (κ3) is 2.79. The Morgan fingerprint density at radius 3 is 2.67 bits per heavy atom. The minimum Gasteiger partial charge on any atom is -0.336 e. The zero-order valence-electron chi connectivity index (χ0n) is 4.30. The van der Waals surface area contributed by atoms with Crippen molar-refractivity contribution in [3.05, 3.63) is 22.2 Å². The van der Waals surface area contributed by atoms with E-state index < -0.39 is 0 Å². The van der Waals surface area contributed by atoms with Crippen LogP contribution in [0.4, 0.5) is 0 Å². The maximum Gasteiger partial charge on any atom is 0.196 e. The van der Waals surface area contributed by atoms with Crippen LogP contribution in [0.15, 0.2) is 12.4 Å². The second-order valence-electron chi connectivity index (χ2n) is 1.24. The molecule has 50 valence electrons. The molecule has 1 aromatic heterocycles. The van der Waals surface area contributed by atoms with Crippen LogP contribution in [0.5, 0.6) is 0 Å². The summed E-state index contributed by atoms with van der Waals surface area (Å²) in [6.45, 7) is 0. The first-order valence-electron chi connectivity index (χ1n) is 1.99. The summed E-state index contributed by atoms with van der Waals surface area (Å²) >= 11 is 10.1. The largest absolute Gasteiger partial charge is 0.336 e. The van der Waals surface area contributed by atoms with E-state index in [0.717, 1.165) is 0 Å². The minimum atomic E-state index is 0. The van der Waals surface area contributed by atoms with Crippen LogP contribution in [0.1, 0.15) is 0 Å². The fourth-order valence-electron chi connectivity index (χ4n) is 0.326. The Morgan fingerprint density at radius 1 is 1.67 bits per heavy atom. The van der Waals surface area contributed by atoms with Gasteiger partial charge in [0.15, 0.2) is 4.77 Å². The Balaban J connectivity index is 0.000000640. The summed E-state index contributed by atoms with van der Waals surface area (Å²) in [4.78, 5) is 6.38. The van der Waals surface area contributed by atoms with Crippen molar-refractivity contribution in [2.45, 2.75) is 0 Å². The van der Waals surface area contributed by atoms with Crippen LogP contribution in [0.3, 0.4) is 0 Å². The highest BCUT2D eigenvalue weighted by Gasteiger charge is 1.80. The number of nitrogens with one attached hydrogen (secondary N) is 1. The summed E-state index contributed by atoms with van der Waals surface area (Å²) in [5.74, 6) is 0. The van der Waals surface area contributed by atoms with Crippen LogP contribution in [0, 0.1) is 4.77 Å². The summed E-state index contributed by atoms with van der Waals surface area (Å²) in [6, 6.07) is 0. The smallest absolute Gasteiger partial charge is 0.196 e. The third-order valence-electron chi connectivity index (χ3n) is 0.639. The Labute approximate surface area is 68.7 Å². The van der Waals surface area contributed by atoms with Crippen LogP contribution in [0.25, 0.3) is 0 Å². The normalized spacial score (nSPS) is 8.11. The lowest BCUT2D eigenvalue weighted by Gasteiger charge is -1.82. The quantitative estimate of drug-likeness (QED) is 0.624. The van der Waals surface area contributed by atoms with Crippen molar-refractivity contribution in [3.8, 4) is 0 Å². The number of halogens is 2. The van der Waals surface area contributed by atoms with E-state index in [1.807, 2.05) is 0 Å². The summed E-state index contributed by atoms with van der Waals surface area (Å²) in [5.41, 5.74) is 0. The molecule has 0 fully saturated rings. The van der Waals surface area contributed by atoms with Crippen molar-refractivity contribution in [1.82, 2.24) is 9.97 Å². The van der Waals surface area contributed by atoms with E-state index in [-0.39, 0.29) is 12.4 Å². The number of aromatic nitrogens is 2. The van der Waals surface area contributed by atoms with Gasteiger partial charge >= 0.3 is 0 Å². The van der Waals surface area contributed by atoms with Gasteiger partial charge in [0.25, 0.3) is 0 Å². The van der Waals surface area contributed by atoms with Crippen LogP contribution >= 0.6 is 36.2 Å². The molecule has 0 radical (unpaired) electrons. The highest BCUT2D eigenvalue weighted by molar-refractivity contribution is 7.71. The number of hydrogen-bond donors (Lipinski definition) is 1. The first-order chi connectivity index (χ1) is 3.79. The number of rotatable bonds is 0. The maximum absolute atomic E-state index is 5.47. The summed E-state index contributed by atoms with van der Waals surface area (Å²) in [6.07, 6.45) is 3.09. The van der Waals surface area contributed by atoms with Crippen molar-refractivity contribution in [2.24, 2.45) is 0 Å². The predicted octanol–water partition coefficient (Wildman–Crippen LogP) is 2.21. The van der Waals surface area contributed by atoms with E-state index in [1.165, 1.54) is 6.20 Å². The van der Waals surface area contributed by atoms with Gasteiger partial charge in [0, 0.05) is 6.20 Å². The molecule has 0 aliphatic heterocycles. The molecule has 0 aliphatic rings. The standard InChI is InChI=1S/C4H3ClN2S.ClH/c5-3-1-6-4(8)7-2-3;/h1-2H,(H,6,7,8);1H. The molecule has 0 aromatic carbocycles. The van der Waals surface area contributed by atoms with E-state index in [9.17, 15) is 0 Å². The van der Waals surface area contributed by atoms with Gasteiger partial charge in [-0.1, -0.05) is 11.6 Å². The Hall–Kier alpha value is -0.120. The SMILES string of the molecule is Cl.S=c1ncc(Cl)c[nH]1. The van der Waals surface area contributed by atoms with Crippen LogP contribution in [-0.4, -0.2) is 9.97 Å². The third-order valence-corrected chi connectivity index (χ3v) is 1.07. The van der Waals surface area contributed by atoms with Gasteiger partial charge in [-0.05, 0) is 12.2 Å². The Bertz CT molecular complexity index is 214. The Kier molecular flexibility index (Phi) is 3.77. The molecule has 0 bridgehead atoms. The number of nitrogens with zero attached hydrogens (tertiary/aromatic N) is 1. The van der Waals surface area contributed by atoms with Crippen molar-refractivity contribution < 1.29 is 0 Å². The highest BCUT2D eigenvalue weighted by Crippen LogP contribution is 1.99. The van der Waals surface area contributed by atoms with E-state index in [0.29, 0.717) is 9.79 Å². The molecule has 1 rings (SSSR count). The lowest BCUT2D eigenvalue weighted by Crippen LogP contribution is -1.76. The average Bonchev–Trinajstić information content (AvgIpc) is 1.77. The summed E-state index contributed by atoms with van der Waals surface area (Å²) in [7, 11) is 0. The molecule has 9 heavy (non-hydrogen) atoms. The fraction of sp³-hybridized carbons (Fsp3) is 0. The molecule has 1 heterocycles. The van der Waals surface area contributed by atoms with E-state index in [2.05, 4.69) is 22.2 Å². The monoisotopic (exact) mass is 182 g/mol. The van der Waals surface area contributed by atoms with Crippen molar-refractivity contribution in [1.29, 1.82) is 0 Å². The van der Waals surface area contributed by atoms with E-state index in [4.69, 9.17) is 11.6 Å². The summed E-state index contributed by atoms with van der Waals surface area (Å²) in [5, 5.41) is 0.568. The lowest BCUT2D eigenvalue weighted by atomic mass is 10.7. The average molecular weight is 183 g/mol. The van der Waals surface area contributed by atoms with E-state index in [1.54, 1.807) is 6.20 Å². The highest BCUT2D eigenvalue weighted by atomic mass is 35.5. The van der Waals surface area contributed by atoms with Gasteiger partial charge in [-0.25, -0.2) is 4.98 Å². The van der Waals surface area contributed by atoms with Crippen molar-refractivity contribution >= 4 is 36.2 Å². The second kappa shape index (κ2) is 3.82. The summed E-state index contributed by atoms with van der Waals surface area (Å²) < 4.78 is 0.453. The van der Waals surface area contributed by atoms with Gasteiger partial charge in [-0.15, -0.1) is 12.4 Å². The molecule has 2 nitrogen and oxygen atoms in total. The first kappa shape index (κ1) is 8.88. The number of H-pyrrole nitrogens is 1. The molecule has 1 aromatic rings. The van der Waals surface area contributed by atoms with E-state index >= 15 is 0 Å². The molecule has 0 saturated carbocycles. The van der Waals surface area contributed by atoms with Gasteiger partial charge in [-0.2, -0.15) is 0 Å². The van der Waals surface area contributed by atoms with Gasteiger partial charge in [0.2, 0.25) is 0 Å².